The molecule has 116 valence electrons. The number of thioether (sulfide) groups is 1. The molecule has 0 bridgehead atoms. The second-order valence-corrected chi connectivity index (χ2v) is 6.70. The zero-order valence-electron chi connectivity index (χ0n) is 11.6. The van der Waals surface area contributed by atoms with Crippen molar-refractivity contribution in [2.24, 2.45) is 11.1 Å². The molecule has 1 aliphatic heterocycles. The first kappa shape index (κ1) is 16.2. The average Bonchev–Trinajstić information content (AvgIpc) is 2.80. The Hall–Kier alpha value is -1.21. The number of carbonyl (C=O) groups is 1. The maximum absolute atomic E-state index is 12.3. The highest BCUT2D eigenvalue weighted by molar-refractivity contribution is 8.00. The van der Waals surface area contributed by atoms with E-state index in [-0.39, 0.29) is 28.0 Å². The van der Waals surface area contributed by atoms with Crippen LogP contribution in [0.3, 0.4) is 0 Å². The number of likely N-dealkylation sites (tertiary alicyclic amines) is 1. The summed E-state index contributed by atoms with van der Waals surface area (Å²) in [7, 11) is 0. The lowest BCUT2D eigenvalue weighted by atomic mass is 9.90. The number of nitrogens with zero attached hydrogens (tertiary/aromatic N) is 1. The average molecular weight is 318 g/mol. The van der Waals surface area contributed by atoms with Crippen LogP contribution in [0.1, 0.15) is 23.7 Å². The molecule has 0 radical (unpaired) electrons. The standard InChI is InChI=1S/C14H17F3N2OS/c1-13(8-18)6-7-19(9-13)12(20)10-2-4-11(5-3-10)21-14(15,16)17/h2-5H,6-9,18H2,1H3. The monoisotopic (exact) mass is 318 g/mol. The fraction of sp³-hybridized carbons (Fsp3) is 0.500. The highest BCUT2D eigenvalue weighted by Crippen LogP contribution is 2.37. The van der Waals surface area contributed by atoms with Crippen LogP contribution in [-0.4, -0.2) is 35.9 Å². The summed E-state index contributed by atoms with van der Waals surface area (Å²) in [6.45, 7) is 3.76. The van der Waals surface area contributed by atoms with Crippen molar-refractivity contribution in [1.29, 1.82) is 0 Å². The first-order valence-electron chi connectivity index (χ1n) is 6.58. The van der Waals surface area contributed by atoms with Crippen LogP contribution in [0.25, 0.3) is 0 Å². The van der Waals surface area contributed by atoms with Crippen LogP contribution < -0.4 is 5.73 Å². The van der Waals surface area contributed by atoms with E-state index in [4.69, 9.17) is 5.73 Å². The number of amides is 1. The molecule has 1 fully saturated rings. The van der Waals surface area contributed by atoms with Gasteiger partial charge in [0.15, 0.2) is 0 Å². The Kier molecular flexibility index (Phi) is 4.53. The quantitative estimate of drug-likeness (QED) is 0.871. The molecule has 21 heavy (non-hydrogen) atoms. The lowest BCUT2D eigenvalue weighted by Gasteiger charge is -2.22. The van der Waals surface area contributed by atoms with Crippen molar-refractivity contribution in [2.45, 2.75) is 23.7 Å². The van der Waals surface area contributed by atoms with Gasteiger partial charge < -0.3 is 10.6 Å². The van der Waals surface area contributed by atoms with Gasteiger partial charge in [-0.1, -0.05) is 6.92 Å². The van der Waals surface area contributed by atoms with Gasteiger partial charge in [-0.2, -0.15) is 13.2 Å². The van der Waals surface area contributed by atoms with Gasteiger partial charge in [-0.3, -0.25) is 4.79 Å². The summed E-state index contributed by atoms with van der Waals surface area (Å²) in [5, 5.41) is 0. The van der Waals surface area contributed by atoms with E-state index < -0.39 is 5.51 Å². The lowest BCUT2D eigenvalue weighted by Crippen LogP contribution is -2.34. The van der Waals surface area contributed by atoms with Crippen molar-refractivity contribution in [3.05, 3.63) is 29.8 Å². The fourth-order valence-electron chi connectivity index (χ4n) is 2.35. The number of nitrogens with two attached hydrogens (primary N) is 1. The van der Waals surface area contributed by atoms with Gasteiger partial charge in [0.2, 0.25) is 0 Å². The predicted molar refractivity (Wildman–Crippen MR) is 76.0 cm³/mol. The van der Waals surface area contributed by atoms with E-state index in [1.807, 2.05) is 6.92 Å². The number of hydrogen-bond donors (Lipinski definition) is 1. The Balaban J connectivity index is 2.04. The van der Waals surface area contributed by atoms with Gasteiger partial charge >= 0.3 is 5.51 Å². The predicted octanol–water partition coefficient (Wildman–Crippen LogP) is 3.11. The number of rotatable bonds is 3. The van der Waals surface area contributed by atoms with Crippen LogP contribution in [0, 0.1) is 5.41 Å². The molecule has 1 aliphatic rings. The summed E-state index contributed by atoms with van der Waals surface area (Å²) in [6, 6.07) is 5.52. The van der Waals surface area contributed by atoms with E-state index >= 15 is 0 Å². The van der Waals surface area contributed by atoms with Gasteiger partial charge in [0.1, 0.15) is 0 Å². The minimum atomic E-state index is -4.32. The molecular formula is C14H17F3N2OS. The maximum atomic E-state index is 12.3. The summed E-state index contributed by atoms with van der Waals surface area (Å²) in [5.41, 5.74) is 1.72. The zero-order chi connectivity index (χ0) is 15.7. The molecule has 1 atom stereocenters. The lowest BCUT2D eigenvalue weighted by molar-refractivity contribution is -0.0328. The molecule has 3 nitrogen and oxygen atoms in total. The van der Waals surface area contributed by atoms with Gasteiger partial charge in [0, 0.05) is 23.5 Å². The molecule has 0 aromatic heterocycles. The van der Waals surface area contributed by atoms with Crippen molar-refractivity contribution in [2.75, 3.05) is 19.6 Å². The maximum Gasteiger partial charge on any atom is 0.446 e. The zero-order valence-corrected chi connectivity index (χ0v) is 12.4. The van der Waals surface area contributed by atoms with Crippen LogP contribution >= 0.6 is 11.8 Å². The van der Waals surface area contributed by atoms with Crippen molar-refractivity contribution >= 4 is 17.7 Å². The second-order valence-electron chi connectivity index (χ2n) is 5.56. The van der Waals surface area contributed by atoms with Crippen LogP contribution in [0.2, 0.25) is 0 Å². The molecule has 1 heterocycles. The van der Waals surface area contributed by atoms with Gasteiger partial charge in [0.25, 0.3) is 5.91 Å². The third-order valence-corrected chi connectivity index (χ3v) is 4.41. The minimum absolute atomic E-state index is 0.0677. The molecule has 0 saturated carbocycles. The van der Waals surface area contributed by atoms with Gasteiger partial charge in [0.05, 0.1) is 0 Å². The Morgan fingerprint density at radius 1 is 1.38 bits per heavy atom. The van der Waals surface area contributed by atoms with Crippen LogP contribution in [0.15, 0.2) is 29.2 Å². The largest absolute Gasteiger partial charge is 0.446 e. The molecule has 1 amide bonds. The Labute approximate surface area is 125 Å². The fourth-order valence-corrected chi connectivity index (χ4v) is 2.88. The normalized spacial score (nSPS) is 22.6. The van der Waals surface area contributed by atoms with Crippen LogP contribution in [-0.2, 0) is 0 Å². The molecule has 1 unspecified atom stereocenters. The third-order valence-electron chi connectivity index (χ3n) is 3.67. The highest BCUT2D eigenvalue weighted by Gasteiger charge is 2.35. The second kappa shape index (κ2) is 5.88. The molecule has 0 spiro atoms. The third kappa shape index (κ3) is 4.14. The van der Waals surface area contributed by atoms with Gasteiger partial charge in [-0.15, -0.1) is 0 Å². The first-order valence-corrected chi connectivity index (χ1v) is 7.39. The molecule has 1 saturated heterocycles. The van der Waals surface area contributed by atoms with Crippen molar-refractivity contribution in [3.8, 4) is 0 Å². The molecule has 7 heteroatoms. The van der Waals surface area contributed by atoms with Gasteiger partial charge in [-0.05, 0) is 54.4 Å². The summed E-state index contributed by atoms with van der Waals surface area (Å²) < 4.78 is 36.7. The van der Waals surface area contributed by atoms with Crippen molar-refractivity contribution < 1.29 is 18.0 Å². The number of hydrogen-bond acceptors (Lipinski definition) is 3. The van der Waals surface area contributed by atoms with Gasteiger partial charge in [-0.25, -0.2) is 0 Å². The highest BCUT2D eigenvalue weighted by atomic mass is 32.2. The Bertz CT molecular complexity index is 518. The molecule has 1 aromatic carbocycles. The van der Waals surface area contributed by atoms with E-state index in [2.05, 4.69) is 0 Å². The van der Waals surface area contributed by atoms with Crippen molar-refractivity contribution in [3.63, 3.8) is 0 Å². The summed E-state index contributed by atoms with van der Waals surface area (Å²) in [4.78, 5) is 14.1. The summed E-state index contributed by atoms with van der Waals surface area (Å²) in [5.74, 6) is -0.157. The number of halogens is 3. The van der Waals surface area contributed by atoms with E-state index in [9.17, 15) is 18.0 Å². The van der Waals surface area contributed by atoms with E-state index in [0.29, 0.717) is 25.2 Å². The molecular weight excluding hydrogens is 301 g/mol. The summed E-state index contributed by atoms with van der Waals surface area (Å²) in [6.07, 6.45) is 0.844. The number of benzene rings is 1. The van der Waals surface area contributed by atoms with Crippen molar-refractivity contribution in [1.82, 2.24) is 4.90 Å². The van der Waals surface area contributed by atoms with E-state index in [1.54, 1.807) is 4.90 Å². The minimum Gasteiger partial charge on any atom is -0.338 e. The Morgan fingerprint density at radius 2 is 2.00 bits per heavy atom. The molecule has 2 rings (SSSR count). The topological polar surface area (TPSA) is 46.3 Å². The van der Waals surface area contributed by atoms with E-state index in [0.717, 1.165) is 6.42 Å². The number of carbonyl (C=O) groups excluding carboxylic acids is 1. The molecule has 0 aliphatic carbocycles. The summed E-state index contributed by atoms with van der Waals surface area (Å²) >= 11 is -0.185. The SMILES string of the molecule is CC1(CN)CCN(C(=O)c2ccc(SC(F)(F)F)cc2)C1. The smallest absolute Gasteiger partial charge is 0.338 e. The molecule has 2 N–H and O–H groups in total. The van der Waals surface area contributed by atoms with Crippen LogP contribution in [0.4, 0.5) is 13.2 Å². The van der Waals surface area contributed by atoms with Crippen LogP contribution in [0.5, 0.6) is 0 Å². The van der Waals surface area contributed by atoms with E-state index in [1.165, 1.54) is 24.3 Å². The Morgan fingerprint density at radius 3 is 2.48 bits per heavy atom. The molecule has 1 aromatic rings. The first-order chi connectivity index (χ1) is 9.72. The number of alkyl halides is 3.